The van der Waals surface area contributed by atoms with E-state index in [0.29, 0.717) is 0 Å². The second-order valence-corrected chi connectivity index (χ2v) is 17.5. The van der Waals surface area contributed by atoms with Crippen LogP contribution in [0.25, 0.3) is 0 Å². The molecular formula is C52H98Hf2. The normalized spacial score (nSPS) is 28.8. The van der Waals surface area contributed by atoms with Crippen LogP contribution < -0.4 is 0 Å². The predicted octanol–water partition coefficient (Wildman–Crippen LogP) is 17.2. The molecule has 314 valence electrons. The first kappa shape index (κ1) is 66.8. The maximum absolute atomic E-state index is 2.61. The average Bonchev–Trinajstić information content (AvgIpc) is 3.84. The second kappa shape index (κ2) is 35.9. The Labute approximate surface area is 384 Å². The smallest absolute Gasteiger partial charge is 0.358 e. The van der Waals surface area contributed by atoms with Crippen LogP contribution in [0, 0.1) is 119 Å². The van der Waals surface area contributed by atoms with Crippen molar-refractivity contribution in [2.75, 3.05) is 0 Å². The Balaban J connectivity index is -0.000000189. The van der Waals surface area contributed by atoms with Crippen molar-refractivity contribution in [2.45, 2.75) is 182 Å². The molecule has 0 spiro atoms. The van der Waals surface area contributed by atoms with E-state index in [1.165, 1.54) is 154 Å². The minimum Gasteiger partial charge on any atom is -0.358 e. The van der Waals surface area contributed by atoms with E-state index in [2.05, 4.69) is 52.0 Å². The van der Waals surface area contributed by atoms with E-state index in [1.807, 2.05) is 0 Å². The standard InChI is InChI=1S/C28H42.2C8H16.8CH3.2Hf/c1-19-6-12-27-23(14-19)8-10-25(27)17-21-4-3-5-22(16-21)18-26-11-9-24-15-20(2)7-13-28(24)26;2*1-2-5-8-6-3-4-7-8;;;;;;;;;;/h3-5,16,19-20,23-28H,6-15,17-18H2,1-2H3;2*8H,2-7H2,1H3;8*1H3;;/q;;;8*-1;2*+4. The summed E-state index contributed by atoms with van der Waals surface area (Å²) in [5.41, 5.74) is 3.29. The van der Waals surface area contributed by atoms with Crippen LogP contribution in [0.15, 0.2) is 24.3 Å². The first-order valence-electron chi connectivity index (χ1n) is 20.6. The van der Waals surface area contributed by atoms with Gasteiger partial charge in [0.25, 0.3) is 0 Å². The number of benzene rings is 1. The molecule has 0 bridgehead atoms. The summed E-state index contributed by atoms with van der Waals surface area (Å²) in [6.07, 6.45) is 35.6. The summed E-state index contributed by atoms with van der Waals surface area (Å²) in [5, 5.41) is 0. The van der Waals surface area contributed by atoms with Gasteiger partial charge in [0.15, 0.2) is 0 Å². The molecular weight excluding hydrogens is 982 g/mol. The van der Waals surface area contributed by atoms with E-state index in [1.54, 1.807) is 11.1 Å². The molecule has 0 N–H and O–H groups in total. The van der Waals surface area contributed by atoms with Gasteiger partial charge in [0.2, 0.25) is 0 Å². The Morgan fingerprint density at radius 2 is 0.815 bits per heavy atom. The average molecular weight is 1080 g/mol. The number of fused-ring (bicyclic) bond motifs is 2. The molecule has 1 aromatic carbocycles. The first-order valence-corrected chi connectivity index (χ1v) is 20.6. The molecule has 0 radical (unpaired) electrons. The van der Waals surface area contributed by atoms with E-state index in [0.717, 1.165) is 59.2 Å². The van der Waals surface area contributed by atoms with Crippen LogP contribution in [-0.2, 0) is 64.5 Å². The number of hydrogen-bond acceptors (Lipinski definition) is 0. The Morgan fingerprint density at radius 3 is 1.15 bits per heavy atom. The van der Waals surface area contributed by atoms with Gasteiger partial charge in [-0.3, -0.25) is 0 Å². The Bertz CT molecular complexity index is 859. The number of rotatable bonds is 8. The Morgan fingerprint density at radius 1 is 0.463 bits per heavy atom. The molecule has 0 amide bonds. The molecule has 6 aliphatic carbocycles. The maximum atomic E-state index is 2.61. The summed E-state index contributed by atoms with van der Waals surface area (Å²) in [7, 11) is 0. The molecule has 0 aliphatic heterocycles. The summed E-state index contributed by atoms with van der Waals surface area (Å²) in [4.78, 5) is 0. The van der Waals surface area contributed by atoms with Crippen molar-refractivity contribution in [1.82, 2.24) is 0 Å². The van der Waals surface area contributed by atoms with Crippen LogP contribution in [0.2, 0.25) is 0 Å². The van der Waals surface area contributed by atoms with Gasteiger partial charge in [-0.1, -0.05) is 142 Å². The van der Waals surface area contributed by atoms with Gasteiger partial charge in [0.05, 0.1) is 0 Å². The van der Waals surface area contributed by atoms with Crippen molar-refractivity contribution in [3.8, 4) is 0 Å². The summed E-state index contributed by atoms with van der Waals surface area (Å²) < 4.78 is 0. The molecule has 6 fully saturated rings. The quantitative estimate of drug-likeness (QED) is 0.180. The zero-order valence-electron chi connectivity index (χ0n) is 39.1. The third-order valence-electron chi connectivity index (χ3n) is 14.0. The molecule has 0 heterocycles. The van der Waals surface area contributed by atoms with Crippen molar-refractivity contribution in [3.63, 3.8) is 0 Å². The van der Waals surface area contributed by atoms with Gasteiger partial charge in [0, 0.05) is 0 Å². The van der Waals surface area contributed by atoms with Crippen molar-refractivity contribution >= 4 is 0 Å². The van der Waals surface area contributed by atoms with Gasteiger partial charge in [-0.05, 0) is 135 Å². The van der Waals surface area contributed by atoms with E-state index >= 15 is 0 Å². The Kier molecular flexibility index (Phi) is 44.3. The molecule has 2 heteroatoms. The Hall–Kier alpha value is 0.960. The van der Waals surface area contributed by atoms with Gasteiger partial charge in [-0.15, -0.1) is 0 Å². The minimum absolute atomic E-state index is 0. The SMILES string of the molecule is CC1CCC2C(Cc3cccc(CC4CCC5CC(C)CCC45)c3)CCC2C1.CCCC1CCCC1.CCCC1CCCC1.[CH3-].[CH3-].[CH3-].[CH3-].[CH3-].[CH3-].[CH3-].[CH3-].[Hf+4].[Hf+4]. The minimum atomic E-state index is 0. The van der Waals surface area contributed by atoms with Crippen LogP contribution in [-0.4, -0.2) is 0 Å². The maximum Gasteiger partial charge on any atom is 4.00 e. The van der Waals surface area contributed by atoms with Crippen LogP contribution in [0.4, 0.5) is 0 Å². The first-order chi connectivity index (χ1) is 21.5. The predicted molar refractivity (Wildman–Crippen MR) is 244 cm³/mol. The molecule has 1 aromatic rings. The largest absolute Gasteiger partial charge is 4.00 e. The molecule has 7 rings (SSSR count). The second-order valence-electron chi connectivity index (χ2n) is 17.5. The summed E-state index contributed by atoms with van der Waals surface area (Å²) in [5.74, 6) is 10.3. The summed E-state index contributed by atoms with van der Waals surface area (Å²) >= 11 is 0. The monoisotopic (exact) mass is 1080 g/mol. The number of hydrogen-bond donors (Lipinski definition) is 0. The third-order valence-corrected chi connectivity index (χ3v) is 14.0. The molecule has 8 unspecified atom stereocenters. The van der Waals surface area contributed by atoms with Gasteiger partial charge in [-0.25, -0.2) is 0 Å². The van der Waals surface area contributed by atoms with E-state index < -0.39 is 0 Å². The van der Waals surface area contributed by atoms with Crippen molar-refractivity contribution in [1.29, 1.82) is 0 Å². The fourth-order valence-electron chi connectivity index (χ4n) is 11.6. The van der Waals surface area contributed by atoms with Crippen LogP contribution in [0.1, 0.15) is 180 Å². The van der Waals surface area contributed by atoms with Gasteiger partial charge < -0.3 is 59.4 Å². The fourth-order valence-corrected chi connectivity index (χ4v) is 11.6. The van der Waals surface area contributed by atoms with E-state index in [-0.39, 0.29) is 111 Å². The van der Waals surface area contributed by atoms with Crippen molar-refractivity contribution in [2.24, 2.45) is 59.2 Å². The van der Waals surface area contributed by atoms with Crippen LogP contribution in [0.5, 0.6) is 0 Å². The fraction of sp³-hybridized carbons (Fsp3) is 0.731. The van der Waals surface area contributed by atoms with Crippen molar-refractivity contribution in [3.05, 3.63) is 94.8 Å². The van der Waals surface area contributed by atoms with Gasteiger partial charge in [0.1, 0.15) is 0 Å². The van der Waals surface area contributed by atoms with Gasteiger partial charge in [-0.2, -0.15) is 0 Å². The molecule has 8 atom stereocenters. The molecule has 0 saturated heterocycles. The molecule has 6 aliphatic rings. The van der Waals surface area contributed by atoms with Crippen LogP contribution >= 0.6 is 0 Å². The summed E-state index contributed by atoms with van der Waals surface area (Å²) in [6.45, 7) is 9.54. The summed E-state index contributed by atoms with van der Waals surface area (Å²) in [6, 6.07) is 9.84. The van der Waals surface area contributed by atoms with Crippen molar-refractivity contribution < 1.29 is 51.7 Å². The molecule has 6 saturated carbocycles. The van der Waals surface area contributed by atoms with E-state index in [4.69, 9.17) is 0 Å². The zero-order chi connectivity index (χ0) is 30.7. The molecule has 0 aromatic heterocycles. The topological polar surface area (TPSA) is 0 Å². The zero-order valence-corrected chi connectivity index (χ0v) is 46.2. The van der Waals surface area contributed by atoms with Crippen LogP contribution in [0.3, 0.4) is 0 Å². The third kappa shape index (κ3) is 20.8. The van der Waals surface area contributed by atoms with Gasteiger partial charge >= 0.3 is 51.7 Å². The molecule has 0 nitrogen and oxygen atoms in total. The molecule has 54 heavy (non-hydrogen) atoms. The van der Waals surface area contributed by atoms with E-state index in [9.17, 15) is 0 Å².